The first-order valence-electron chi connectivity index (χ1n) is 13.5. The van der Waals surface area contributed by atoms with Gasteiger partial charge in [0.05, 0.1) is 0 Å². The average molecular weight is 453 g/mol. The van der Waals surface area contributed by atoms with Crippen LogP contribution in [0.4, 0.5) is 0 Å². The first-order valence-corrected chi connectivity index (χ1v) is 13.5. The predicted molar refractivity (Wildman–Crippen MR) is 131 cm³/mol. The molecule has 0 amide bonds. The van der Waals surface area contributed by atoms with Crippen molar-refractivity contribution in [3.63, 3.8) is 0 Å². The van der Waals surface area contributed by atoms with Crippen molar-refractivity contribution in [2.24, 2.45) is 45.3 Å². The number of cyclic esters (lactones) is 1. The zero-order valence-corrected chi connectivity index (χ0v) is 21.9. The van der Waals surface area contributed by atoms with E-state index >= 15 is 0 Å². The summed E-state index contributed by atoms with van der Waals surface area (Å²) in [5, 5.41) is 0. The van der Waals surface area contributed by atoms with Crippen LogP contribution in [0.1, 0.15) is 99.8 Å². The molecule has 3 heteroatoms. The minimum atomic E-state index is -0.205. The second-order valence-corrected chi connectivity index (χ2v) is 13.5. The van der Waals surface area contributed by atoms with Crippen LogP contribution in [0.3, 0.4) is 0 Å². The van der Waals surface area contributed by atoms with Gasteiger partial charge in [-0.05, 0) is 85.4 Å². The van der Waals surface area contributed by atoms with Crippen LogP contribution in [-0.4, -0.2) is 17.9 Å². The lowest BCUT2D eigenvalue weighted by molar-refractivity contribution is -0.151. The summed E-state index contributed by atoms with van der Waals surface area (Å²) in [5.41, 5.74) is 2.91. The second-order valence-electron chi connectivity index (χ2n) is 13.5. The van der Waals surface area contributed by atoms with Gasteiger partial charge in [-0.25, -0.2) is 4.79 Å². The molecule has 0 radical (unpaired) electrons. The number of allylic oxidation sites excluding steroid dienone is 2. The fourth-order valence-corrected chi connectivity index (χ4v) is 9.65. The normalized spacial score (nSPS) is 47.5. The van der Waals surface area contributed by atoms with Crippen LogP contribution in [0.15, 0.2) is 23.3 Å². The van der Waals surface area contributed by atoms with E-state index in [2.05, 4.69) is 53.7 Å². The van der Waals surface area contributed by atoms with Crippen molar-refractivity contribution in [3.05, 3.63) is 23.3 Å². The first kappa shape index (κ1) is 23.4. The van der Waals surface area contributed by atoms with E-state index in [1.807, 2.05) is 6.92 Å². The van der Waals surface area contributed by atoms with Gasteiger partial charge in [0.2, 0.25) is 0 Å². The summed E-state index contributed by atoms with van der Waals surface area (Å²) in [5.74, 6) is 2.37. The molecule has 0 aromatic carbocycles. The van der Waals surface area contributed by atoms with Gasteiger partial charge >= 0.3 is 5.97 Å². The maximum atomic E-state index is 12.8. The Morgan fingerprint density at radius 3 is 2.39 bits per heavy atom. The molecule has 5 aliphatic rings. The molecule has 3 fully saturated rings. The fraction of sp³-hybridized carbons (Fsp3) is 0.800. The van der Waals surface area contributed by atoms with E-state index in [-0.39, 0.29) is 33.7 Å². The summed E-state index contributed by atoms with van der Waals surface area (Å²) < 4.78 is 5.90. The zero-order valence-electron chi connectivity index (χ0n) is 21.9. The van der Waals surface area contributed by atoms with E-state index in [0.29, 0.717) is 29.5 Å². The van der Waals surface area contributed by atoms with Crippen molar-refractivity contribution in [2.75, 3.05) is 0 Å². The highest BCUT2D eigenvalue weighted by Gasteiger charge is 2.65. The van der Waals surface area contributed by atoms with Gasteiger partial charge in [-0.1, -0.05) is 59.3 Å². The Labute approximate surface area is 200 Å². The lowest BCUT2D eigenvalue weighted by Gasteiger charge is -2.63. The lowest BCUT2D eigenvalue weighted by Crippen LogP contribution is -2.57. The van der Waals surface area contributed by atoms with E-state index in [9.17, 15) is 9.59 Å². The van der Waals surface area contributed by atoms with Gasteiger partial charge in [-0.3, -0.25) is 4.79 Å². The van der Waals surface area contributed by atoms with E-state index < -0.39 is 0 Å². The van der Waals surface area contributed by atoms with Crippen LogP contribution in [-0.2, 0) is 14.3 Å². The highest BCUT2D eigenvalue weighted by molar-refractivity contribution is 5.88. The van der Waals surface area contributed by atoms with Gasteiger partial charge in [0.1, 0.15) is 11.9 Å². The van der Waals surface area contributed by atoms with Crippen LogP contribution in [0.5, 0.6) is 0 Å². The first-order chi connectivity index (χ1) is 15.4. The zero-order chi connectivity index (χ0) is 24.0. The van der Waals surface area contributed by atoms with Gasteiger partial charge in [0, 0.05) is 23.8 Å². The summed E-state index contributed by atoms with van der Waals surface area (Å²) in [4.78, 5) is 25.1. The molecule has 0 aromatic heterocycles. The third-order valence-electron chi connectivity index (χ3n) is 12.1. The monoisotopic (exact) mass is 452 g/mol. The van der Waals surface area contributed by atoms with Crippen molar-refractivity contribution < 1.29 is 14.3 Å². The molecular weight excluding hydrogens is 408 g/mol. The van der Waals surface area contributed by atoms with E-state index in [1.165, 1.54) is 25.7 Å². The number of rotatable bonds is 2. The molecule has 33 heavy (non-hydrogen) atoms. The van der Waals surface area contributed by atoms with Crippen molar-refractivity contribution >= 4 is 11.8 Å². The number of carbonyl (C=O) groups excluding carboxylic acids is 2. The molecule has 0 saturated heterocycles. The van der Waals surface area contributed by atoms with Crippen LogP contribution in [0, 0.1) is 45.3 Å². The Balaban J connectivity index is 1.47. The Morgan fingerprint density at radius 1 is 0.970 bits per heavy atom. The smallest absolute Gasteiger partial charge is 0.333 e. The van der Waals surface area contributed by atoms with Gasteiger partial charge in [-0.2, -0.15) is 0 Å². The molecule has 1 aliphatic heterocycles. The van der Waals surface area contributed by atoms with E-state index in [1.54, 1.807) is 5.57 Å². The summed E-state index contributed by atoms with van der Waals surface area (Å²) in [6, 6.07) is 0. The van der Waals surface area contributed by atoms with Gasteiger partial charge < -0.3 is 4.74 Å². The largest absolute Gasteiger partial charge is 0.458 e. The number of fused-ring (bicyclic) bond motifs is 5. The van der Waals surface area contributed by atoms with Gasteiger partial charge in [0.15, 0.2) is 0 Å². The number of ether oxygens (including phenoxy) is 1. The quantitative estimate of drug-likeness (QED) is 0.333. The molecule has 1 heterocycles. The van der Waals surface area contributed by atoms with E-state index in [4.69, 9.17) is 4.74 Å². The Morgan fingerprint density at radius 2 is 1.70 bits per heavy atom. The molecule has 3 nitrogen and oxygen atoms in total. The Hall–Kier alpha value is -1.38. The standard InChI is InChI=1S/C30H44O3/c1-18-8-10-23(33-26(18)32)19(2)20-12-16-30(7)22-9-11-24-27(3,4)25(31)14-15-28(24,5)21(22)13-17-29(20,30)6/h8,13,19-20,22-24H,9-12,14-17H2,1-7H3/t19?,20-,22-,23?,24+,28-,29-,30+/m1/s1. The lowest BCUT2D eigenvalue weighted by atomic mass is 9.41. The molecule has 0 bridgehead atoms. The summed E-state index contributed by atoms with van der Waals surface area (Å²) in [7, 11) is 0. The minimum absolute atomic E-state index is 0.00848. The molecule has 2 unspecified atom stereocenters. The number of carbonyl (C=O) groups is 2. The number of hydrogen-bond donors (Lipinski definition) is 0. The highest BCUT2D eigenvalue weighted by atomic mass is 16.5. The predicted octanol–water partition coefficient (Wildman–Crippen LogP) is 7.06. The fourth-order valence-electron chi connectivity index (χ4n) is 9.65. The third kappa shape index (κ3) is 2.99. The Kier molecular flexibility index (Phi) is 5.18. The molecule has 3 saturated carbocycles. The average Bonchev–Trinajstić information content (AvgIpc) is 3.04. The van der Waals surface area contributed by atoms with Gasteiger partial charge in [-0.15, -0.1) is 0 Å². The highest BCUT2D eigenvalue weighted by Crippen LogP contribution is 2.73. The molecule has 4 aliphatic carbocycles. The van der Waals surface area contributed by atoms with Crippen LogP contribution >= 0.6 is 0 Å². The molecule has 0 spiro atoms. The van der Waals surface area contributed by atoms with Crippen molar-refractivity contribution in [1.82, 2.24) is 0 Å². The maximum absolute atomic E-state index is 12.8. The van der Waals surface area contributed by atoms with Crippen LogP contribution in [0.2, 0.25) is 0 Å². The van der Waals surface area contributed by atoms with Gasteiger partial charge in [0.25, 0.3) is 0 Å². The van der Waals surface area contributed by atoms with Crippen molar-refractivity contribution in [2.45, 2.75) is 106 Å². The van der Waals surface area contributed by atoms with Crippen LogP contribution in [0.25, 0.3) is 0 Å². The maximum Gasteiger partial charge on any atom is 0.333 e. The minimum Gasteiger partial charge on any atom is -0.458 e. The number of hydrogen-bond acceptors (Lipinski definition) is 3. The molecule has 8 atom stereocenters. The SMILES string of the molecule is CC1=CCC(C(C)[C@H]2CC[C@@]3(C)[C@@H]4CC[C@H]5C(C)(C)C(=O)CC[C@]5(C)C4=CC[C@]23C)OC1=O. The topological polar surface area (TPSA) is 43.4 Å². The number of Topliss-reactive ketones (excluding diaryl/α,β-unsaturated/α-hetero) is 1. The van der Waals surface area contributed by atoms with Crippen molar-refractivity contribution in [1.29, 1.82) is 0 Å². The molecule has 182 valence electrons. The van der Waals surface area contributed by atoms with Crippen LogP contribution < -0.4 is 0 Å². The Bertz CT molecular complexity index is 940. The summed E-state index contributed by atoms with van der Waals surface area (Å²) in [6.45, 7) is 16.2. The third-order valence-corrected chi connectivity index (χ3v) is 12.1. The molecular formula is C30H44O3. The number of ketones is 1. The summed E-state index contributed by atoms with van der Waals surface area (Å²) >= 11 is 0. The number of esters is 1. The molecule has 0 N–H and O–H groups in total. The van der Waals surface area contributed by atoms with Crippen molar-refractivity contribution in [3.8, 4) is 0 Å². The second kappa shape index (κ2) is 7.31. The summed E-state index contributed by atoms with van der Waals surface area (Å²) in [6.07, 6.45) is 13.3. The van der Waals surface area contributed by atoms with E-state index in [0.717, 1.165) is 31.3 Å². The molecule has 5 rings (SSSR count). The molecule has 0 aromatic rings.